The van der Waals surface area contributed by atoms with Crippen molar-refractivity contribution >= 4 is 5.97 Å². The van der Waals surface area contributed by atoms with Crippen molar-refractivity contribution in [2.75, 3.05) is 6.61 Å². The highest BCUT2D eigenvalue weighted by atomic mass is 16.5. The quantitative estimate of drug-likeness (QED) is 0.369. The summed E-state index contributed by atoms with van der Waals surface area (Å²) in [6, 6.07) is 0. The first-order valence-corrected chi connectivity index (χ1v) is 2.62. The first-order valence-electron chi connectivity index (χ1n) is 2.62. The maximum atomic E-state index is 10.5. The number of hydrogen-bond donors (Lipinski definition) is 1. The van der Waals surface area contributed by atoms with Gasteiger partial charge in [0.05, 0.1) is 0 Å². The molecule has 58 valence electrons. The minimum atomic E-state index is -0.366. The predicted octanol–water partition coefficient (Wildman–Crippen LogP) is 1.45. The predicted molar refractivity (Wildman–Crippen MR) is 41.0 cm³/mol. The maximum absolute atomic E-state index is 10.5. The van der Waals surface area contributed by atoms with Crippen molar-refractivity contribution in [2.24, 2.45) is 0 Å². The minimum absolute atomic E-state index is 0. The van der Waals surface area contributed by atoms with Gasteiger partial charge in [-0.25, -0.2) is 4.79 Å². The topological polar surface area (TPSA) is 61.3 Å². The van der Waals surface area contributed by atoms with Crippen molar-refractivity contribution in [1.82, 2.24) is 6.15 Å². The summed E-state index contributed by atoms with van der Waals surface area (Å²) in [5.74, 6) is -0.366. The van der Waals surface area contributed by atoms with Crippen molar-refractivity contribution in [3.63, 3.8) is 0 Å². The first-order chi connectivity index (χ1) is 4.18. The van der Waals surface area contributed by atoms with E-state index in [4.69, 9.17) is 0 Å². The molecule has 3 nitrogen and oxygen atoms in total. The molecule has 0 bridgehead atoms. The van der Waals surface area contributed by atoms with Crippen LogP contribution in [0.15, 0.2) is 24.8 Å². The van der Waals surface area contributed by atoms with E-state index in [9.17, 15) is 4.79 Å². The van der Waals surface area contributed by atoms with E-state index in [-0.39, 0.29) is 18.7 Å². The van der Waals surface area contributed by atoms with Gasteiger partial charge >= 0.3 is 5.97 Å². The van der Waals surface area contributed by atoms with Crippen molar-refractivity contribution in [1.29, 1.82) is 0 Å². The van der Waals surface area contributed by atoms with Gasteiger partial charge in [0.2, 0.25) is 0 Å². The molecule has 0 radical (unpaired) electrons. The molecule has 10 heavy (non-hydrogen) atoms. The molecule has 0 amide bonds. The average Bonchev–Trinajstić information content (AvgIpc) is 1.82. The highest BCUT2D eigenvalue weighted by Gasteiger charge is 1.98. The molecule has 0 fully saturated rings. The molecule has 0 aromatic carbocycles. The van der Waals surface area contributed by atoms with Crippen molar-refractivity contribution in [3.8, 4) is 0 Å². The van der Waals surface area contributed by atoms with Crippen LogP contribution < -0.4 is 6.15 Å². The van der Waals surface area contributed by atoms with Crippen molar-refractivity contribution < 1.29 is 9.53 Å². The number of carbonyl (C=O) groups excluding carboxylic acids is 1. The summed E-state index contributed by atoms with van der Waals surface area (Å²) < 4.78 is 4.60. The minimum Gasteiger partial charge on any atom is -0.458 e. The number of carbonyl (C=O) groups is 1. The second kappa shape index (κ2) is 6.04. The second-order valence-electron chi connectivity index (χ2n) is 1.67. The Bertz CT molecular complexity index is 141. The van der Waals surface area contributed by atoms with Gasteiger partial charge in [-0.3, -0.25) is 0 Å². The van der Waals surface area contributed by atoms with Crippen LogP contribution in [0.1, 0.15) is 6.92 Å². The summed E-state index contributed by atoms with van der Waals surface area (Å²) in [6.07, 6.45) is 1.51. The molecular formula is C7H13NO2. The molecule has 3 N–H and O–H groups in total. The van der Waals surface area contributed by atoms with Crippen LogP contribution in [0, 0.1) is 0 Å². The van der Waals surface area contributed by atoms with Gasteiger partial charge in [0.25, 0.3) is 0 Å². The summed E-state index contributed by atoms with van der Waals surface area (Å²) in [7, 11) is 0. The molecule has 0 heterocycles. The fourth-order valence-corrected chi connectivity index (χ4v) is 0.258. The Morgan fingerprint density at radius 3 is 2.50 bits per heavy atom. The van der Waals surface area contributed by atoms with Crippen LogP contribution in [0.3, 0.4) is 0 Å². The third-order valence-corrected chi connectivity index (χ3v) is 0.681. The number of hydrogen-bond acceptors (Lipinski definition) is 3. The van der Waals surface area contributed by atoms with Gasteiger partial charge in [-0.2, -0.15) is 0 Å². The van der Waals surface area contributed by atoms with Gasteiger partial charge in [-0.1, -0.05) is 19.2 Å². The molecule has 0 aliphatic heterocycles. The van der Waals surface area contributed by atoms with E-state index >= 15 is 0 Å². The SMILES string of the molecule is C=CCOC(=O)C(=C)C.N. The third-order valence-electron chi connectivity index (χ3n) is 0.681. The highest BCUT2D eigenvalue weighted by Crippen LogP contribution is 1.90. The van der Waals surface area contributed by atoms with E-state index in [0.717, 1.165) is 0 Å². The second-order valence-corrected chi connectivity index (χ2v) is 1.67. The van der Waals surface area contributed by atoms with E-state index in [1.807, 2.05) is 0 Å². The number of ether oxygens (including phenoxy) is 1. The molecule has 0 aromatic rings. The Balaban J connectivity index is 0. The summed E-state index contributed by atoms with van der Waals surface area (Å²) in [6.45, 7) is 8.64. The van der Waals surface area contributed by atoms with Crippen LogP contribution >= 0.6 is 0 Å². The van der Waals surface area contributed by atoms with E-state index in [2.05, 4.69) is 17.9 Å². The van der Waals surface area contributed by atoms with E-state index in [0.29, 0.717) is 5.57 Å². The number of esters is 1. The Labute approximate surface area is 61.0 Å². The molecule has 0 aliphatic carbocycles. The fourth-order valence-electron chi connectivity index (χ4n) is 0.258. The van der Waals surface area contributed by atoms with Crippen LogP contribution in [0.25, 0.3) is 0 Å². The standard InChI is InChI=1S/C7H10O2.H3N/c1-4-5-9-7(8)6(2)3;/h4H,1-2,5H2,3H3;1H3. The van der Waals surface area contributed by atoms with Crippen molar-refractivity contribution in [2.45, 2.75) is 6.92 Å². The van der Waals surface area contributed by atoms with Crippen LogP contribution in [0.4, 0.5) is 0 Å². The average molecular weight is 143 g/mol. The molecule has 3 heteroatoms. The van der Waals surface area contributed by atoms with Crippen molar-refractivity contribution in [3.05, 3.63) is 24.8 Å². The molecule has 0 aliphatic rings. The monoisotopic (exact) mass is 143 g/mol. The smallest absolute Gasteiger partial charge is 0.333 e. The molecule has 0 spiro atoms. The van der Waals surface area contributed by atoms with Gasteiger partial charge in [0.15, 0.2) is 0 Å². The Hall–Kier alpha value is -1.09. The normalized spacial score (nSPS) is 7.30. The summed E-state index contributed by atoms with van der Waals surface area (Å²) >= 11 is 0. The fraction of sp³-hybridized carbons (Fsp3) is 0.286. The number of rotatable bonds is 3. The molecule has 0 unspecified atom stereocenters. The lowest BCUT2D eigenvalue weighted by Crippen LogP contribution is -2.03. The van der Waals surface area contributed by atoms with Crippen LogP contribution in [-0.4, -0.2) is 12.6 Å². The highest BCUT2D eigenvalue weighted by molar-refractivity contribution is 5.86. The zero-order valence-electron chi connectivity index (χ0n) is 6.22. The lowest BCUT2D eigenvalue weighted by Gasteiger charge is -1.97. The van der Waals surface area contributed by atoms with Crippen LogP contribution in [0.2, 0.25) is 0 Å². The van der Waals surface area contributed by atoms with Gasteiger partial charge in [0.1, 0.15) is 6.61 Å². The van der Waals surface area contributed by atoms with Crippen LogP contribution in [-0.2, 0) is 9.53 Å². The molecule has 0 atom stereocenters. The molecule has 0 saturated heterocycles. The van der Waals surface area contributed by atoms with Crippen LogP contribution in [0.5, 0.6) is 0 Å². The van der Waals surface area contributed by atoms with E-state index in [1.54, 1.807) is 6.92 Å². The summed E-state index contributed by atoms with van der Waals surface area (Å²) in [5.41, 5.74) is 0.414. The summed E-state index contributed by atoms with van der Waals surface area (Å²) in [4.78, 5) is 10.5. The Morgan fingerprint density at radius 2 is 2.20 bits per heavy atom. The maximum Gasteiger partial charge on any atom is 0.333 e. The molecular weight excluding hydrogens is 130 g/mol. The Kier molecular flexibility index (Phi) is 7.05. The zero-order valence-corrected chi connectivity index (χ0v) is 6.22. The van der Waals surface area contributed by atoms with E-state index < -0.39 is 0 Å². The molecule has 0 saturated carbocycles. The van der Waals surface area contributed by atoms with Gasteiger partial charge < -0.3 is 10.9 Å². The zero-order chi connectivity index (χ0) is 7.28. The Morgan fingerprint density at radius 1 is 1.70 bits per heavy atom. The van der Waals surface area contributed by atoms with Gasteiger partial charge in [0, 0.05) is 5.57 Å². The van der Waals surface area contributed by atoms with Gasteiger partial charge in [-0.05, 0) is 6.92 Å². The molecule has 0 rings (SSSR count). The molecule has 0 aromatic heterocycles. The summed E-state index contributed by atoms with van der Waals surface area (Å²) in [5, 5.41) is 0. The largest absolute Gasteiger partial charge is 0.458 e. The lowest BCUT2D eigenvalue weighted by molar-refractivity contribution is -0.137. The first kappa shape index (κ1) is 11.7. The lowest BCUT2D eigenvalue weighted by atomic mass is 10.4. The van der Waals surface area contributed by atoms with Gasteiger partial charge in [-0.15, -0.1) is 0 Å². The third kappa shape index (κ3) is 5.05. The van der Waals surface area contributed by atoms with E-state index in [1.165, 1.54) is 6.08 Å².